The van der Waals surface area contributed by atoms with Crippen LogP contribution in [0.4, 0.5) is 0 Å². The SMILES string of the molecule is CC(C)C[C@@H]1NC(=O)[C@@H](C)Cc2ccc(cc2)OCCCCC[C@@H](CO)CC1=O. The van der Waals surface area contributed by atoms with Crippen molar-refractivity contribution in [2.24, 2.45) is 17.8 Å². The highest BCUT2D eigenvalue weighted by Crippen LogP contribution is 2.20. The zero-order valence-corrected chi connectivity index (χ0v) is 18.2. The van der Waals surface area contributed by atoms with Gasteiger partial charge in [-0.2, -0.15) is 0 Å². The third-order valence-electron chi connectivity index (χ3n) is 5.60. The van der Waals surface area contributed by atoms with E-state index >= 15 is 0 Å². The lowest BCUT2D eigenvalue weighted by atomic mass is 9.90. The molecule has 0 radical (unpaired) electrons. The molecule has 0 saturated heterocycles. The fourth-order valence-electron chi connectivity index (χ4n) is 3.81. The number of hydrogen-bond acceptors (Lipinski definition) is 4. The number of aliphatic hydroxyl groups excluding tert-OH is 1. The van der Waals surface area contributed by atoms with E-state index in [1.54, 1.807) is 0 Å². The van der Waals surface area contributed by atoms with Crippen molar-refractivity contribution in [3.63, 3.8) is 0 Å². The van der Waals surface area contributed by atoms with E-state index in [4.69, 9.17) is 4.74 Å². The van der Waals surface area contributed by atoms with Crippen LogP contribution in [-0.2, 0) is 16.0 Å². The van der Waals surface area contributed by atoms with Gasteiger partial charge in [-0.15, -0.1) is 0 Å². The van der Waals surface area contributed by atoms with Crippen molar-refractivity contribution in [3.8, 4) is 5.75 Å². The van der Waals surface area contributed by atoms with Crippen LogP contribution < -0.4 is 10.1 Å². The number of carbonyl (C=O) groups is 2. The number of nitrogens with one attached hydrogen (secondary N) is 1. The Bertz CT molecular complexity index is 641. The van der Waals surface area contributed by atoms with Crippen LogP contribution in [0, 0.1) is 17.8 Å². The summed E-state index contributed by atoms with van der Waals surface area (Å²) >= 11 is 0. The molecule has 3 rings (SSSR count). The lowest BCUT2D eigenvalue weighted by molar-refractivity contribution is -0.130. The van der Waals surface area contributed by atoms with Crippen molar-refractivity contribution in [2.45, 2.75) is 71.8 Å². The molecule has 2 bridgehead atoms. The normalized spacial score (nSPS) is 25.2. The minimum absolute atomic E-state index is 0.00677. The molecule has 0 aliphatic carbocycles. The summed E-state index contributed by atoms with van der Waals surface area (Å²) in [5, 5.41) is 12.7. The number of fused-ring (bicyclic) bond motifs is 15. The summed E-state index contributed by atoms with van der Waals surface area (Å²) in [6.45, 7) is 6.68. The Hall–Kier alpha value is -1.88. The summed E-state index contributed by atoms with van der Waals surface area (Å²) < 4.78 is 5.79. The molecule has 0 spiro atoms. The van der Waals surface area contributed by atoms with Crippen molar-refractivity contribution in [3.05, 3.63) is 29.8 Å². The van der Waals surface area contributed by atoms with Crippen molar-refractivity contribution >= 4 is 11.7 Å². The number of carbonyl (C=O) groups excluding carboxylic acids is 2. The van der Waals surface area contributed by atoms with E-state index in [9.17, 15) is 14.7 Å². The zero-order chi connectivity index (χ0) is 21.2. The highest BCUT2D eigenvalue weighted by molar-refractivity contribution is 5.89. The molecule has 0 saturated carbocycles. The Kier molecular flexibility index (Phi) is 9.65. The number of Topliss-reactive ketones (excluding diaryl/α,β-unsaturated/α-hetero) is 1. The molecular formula is C24H37NO4. The van der Waals surface area contributed by atoms with Gasteiger partial charge < -0.3 is 15.2 Å². The molecule has 29 heavy (non-hydrogen) atoms. The molecule has 162 valence electrons. The average molecular weight is 404 g/mol. The first-order valence-corrected chi connectivity index (χ1v) is 11.0. The quantitative estimate of drug-likeness (QED) is 0.802. The molecule has 0 fully saturated rings. The van der Waals surface area contributed by atoms with Crippen LogP contribution >= 0.6 is 0 Å². The third-order valence-corrected chi connectivity index (χ3v) is 5.60. The van der Waals surface area contributed by atoms with Crippen LogP contribution in [0.5, 0.6) is 5.75 Å². The van der Waals surface area contributed by atoms with E-state index in [1.807, 2.05) is 31.2 Å². The fraction of sp³-hybridized carbons (Fsp3) is 0.667. The van der Waals surface area contributed by atoms with Gasteiger partial charge in [0.05, 0.1) is 12.6 Å². The molecule has 2 heterocycles. The van der Waals surface area contributed by atoms with Gasteiger partial charge in [0.1, 0.15) is 5.75 Å². The maximum atomic E-state index is 12.9. The Morgan fingerprint density at radius 3 is 2.48 bits per heavy atom. The summed E-state index contributed by atoms with van der Waals surface area (Å²) in [5.74, 6) is 0.827. The van der Waals surface area contributed by atoms with Crippen LogP contribution in [0.15, 0.2) is 24.3 Å². The van der Waals surface area contributed by atoms with E-state index in [0.29, 0.717) is 31.8 Å². The molecular weight excluding hydrogens is 366 g/mol. The molecule has 2 N–H and O–H groups in total. The van der Waals surface area contributed by atoms with E-state index in [1.165, 1.54) is 0 Å². The second-order valence-corrected chi connectivity index (χ2v) is 8.86. The molecule has 2 aliphatic rings. The molecule has 1 amide bonds. The van der Waals surface area contributed by atoms with Crippen LogP contribution in [-0.4, -0.2) is 36.1 Å². The number of hydrogen-bond donors (Lipinski definition) is 2. The van der Waals surface area contributed by atoms with Gasteiger partial charge in [-0.05, 0) is 55.2 Å². The maximum Gasteiger partial charge on any atom is 0.223 e. The number of amides is 1. The van der Waals surface area contributed by atoms with Gasteiger partial charge in [0, 0.05) is 18.9 Å². The van der Waals surface area contributed by atoms with E-state index in [2.05, 4.69) is 19.2 Å². The summed E-state index contributed by atoms with van der Waals surface area (Å²) in [7, 11) is 0. The smallest absolute Gasteiger partial charge is 0.223 e. The van der Waals surface area contributed by atoms with Crippen LogP contribution in [0.3, 0.4) is 0 Å². The van der Waals surface area contributed by atoms with Crippen LogP contribution in [0.25, 0.3) is 0 Å². The van der Waals surface area contributed by atoms with E-state index in [-0.39, 0.29) is 30.1 Å². The van der Waals surface area contributed by atoms with Crippen molar-refractivity contribution in [1.29, 1.82) is 0 Å². The lowest BCUT2D eigenvalue weighted by Crippen LogP contribution is -2.45. The number of ketones is 1. The molecule has 1 aromatic carbocycles. The Labute approximate surface area is 175 Å². The minimum atomic E-state index is -0.478. The Balaban J connectivity index is 2.15. The second-order valence-electron chi connectivity index (χ2n) is 8.86. The zero-order valence-electron chi connectivity index (χ0n) is 18.2. The van der Waals surface area contributed by atoms with Gasteiger partial charge in [0.15, 0.2) is 5.78 Å². The maximum absolute atomic E-state index is 12.9. The summed E-state index contributed by atoms with van der Waals surface area (Å²) in [6.07, 6.45) is 5.30. The van der Waals surface area contributed by atoms with Crippen LogP contribution in [0.1, 0.15) is 64.9 Å². The predicted molar refractivity (Wildman–Crippen MR) is 115 cm³/mol. The van der Waals surface area contributed by atoms with E-state index in [0.717, 1.165) is 37.0 Å². The first kappa shape index (κ1) is 23.4. The number of rotatable bonds is 3. The number of benzene rings is 1. The fourth-order valence-corrected chi connectivity index (χ4v) is 3.81. The highest BCUT2D eigenvalue weighted by Gasteiger charge is 2.26. The van der Waals surface area contributed by atoms with Gasteiger partial charge in [-0.3, -0.25) is 9.59 Å². The average Bonchev–Trinajstić information content (AvgIpc) is 2.69. The molecule has 5 heteroatoms. The van der Waals surface area contributed by atoms with Crippen molar-refractivity contribution < 1.29 is 19.4 Å². The van der Waals surface area contributed by atoms with Crippen molar-refractivity contribution in [2.75, 3.05) is 13.2 Å². The summed E-state index contributed by atoms with van der Waals surface area (Å²) in [6, 6.07) is 7.44. The molecule has 0 unspecified atom stereocenters. The van der Waals surface area contributed by atoms with Gasteiger partial charge in [-0.1, -0.05) is 45.7 Å². The second kappa shape index (κ2) is 12.0. The molecule has 3 atom stereocenters. The van der Waals surface area contributed by atoms with Gasteiger partial charge in [0.25, 0.3) is 0 Å². The third kappa shape index (κ3) is 8.17. The van der Waals surface area contributed by atoms with Crippen molar-refractivity contribution in [1.82, 2.24) is 5.32 Å². The Morgan fingerprint density at radius 1 is 1.10 bits per heavy atom. The highest BCUT2D eigenvalue weighted by atomic mass is 16.5. The summed E-state index contributed by atoms with van der Waals surface area (Å²) in [5.41, 5.74) is 1.08. The Morgan fingerprint density at radius 2 is 1.83 bits per heavy atom. The standard InChI is InChI=1S/C24H37NO4/c1-17(2)13-22-23(27)15-20(16-26)7-5-4-6-12-29-21-10-8-19(9-11-21)14-18(3)24(28)25-22/h8-11,17-18,20,22,26H,4-7,12-16H2,1-3H3,(H,25,28)/t18-,20+,22-/m0/s1. The predicted octanol–water partition coefficient (Wildman–Crippen LogP) is 3.92. The molecule has 1 aromatic rings. The molecule has 0 aromatic heterocycles. The first-order valence-electron chi connectivity index (χ1n) is 11.0. The van der Waals surface area contributed by atoms with Crippen LogP contribution in [0.2, 0.25) is 0 Å². The lowest BCUT2D eigenvalue weighted by Gasteiger charge is -2.24. The van der Waals surface area contributed by atoms with Gasteiger partial charge in [0.2, 0.25) is 5.91 Å². The van der Waals surface area contributed by atoms with Gasteiger partial charge >= 0.3 is 0 Å². The first-order chi connectivity index (χ1) is 13.9. The van der Waals surface area contributed by atoms with E-state index < -0.39 is 6.04 Å². The topological polar surface area (TPSA) is 75.6 Å². The molecule has 2 aliphatic heterocycles. The molecule has 5 nitrogen and oxygen atoms in total. The minimum Gasteiger partial charge on any atom is -0.494 e. The van der Waals surface area contributed by atoms with Gasteiger partial charge in [-0.25, -0.2) is 0 Å². The largest absolute Gasteiger partial charge is 0.494 e. The summed E-state index contributed by atoms with van der Waals surface area (Å²) in [4.78, 5) is 25.7. The monoisotopic (exact) mass is 403 g/mol. The number of ether oxygens (including phenoxy) is 1. The number of aliphatic hydroxyl groups is 1.